The summed E-state index contributed by atoms with van der Waals surface area (Å²) in [7, 11) is 0. The summed E-state index contributed by atoms with van der Waals surface area (Å²) in [6, 6.07) is 9.43. The standard InChI is InChI=1S/C15H22N2S/c1-11-7-9-13(10-8-11)12(2)16-15(18)17-14-5-3-4-6-14/h7-10,12,14H,3-6H2,1-2H3,(H2,16,17,18). The Balaban J connectivity index is 1.84. The minimum Gasteiger partial charge on any atom is -0.360 e. The zero-order chi connectivity index (χ0) is 13.0. The van der Waals surface area contributed by atoms with Crippen molar-refractivity contribution in [3.63, 3.8) is 0 Å². The number of benzene rings is 1. The molecule has 1 atom stereocenters. The van der Waals surface area contributed by atoms with Crippen LogP contribution in [0.1, 0.15) is 49.8 Å². The Bertz CT molecular complexity index is 393. The highest BCUT2D eigenvalue weighted by Crippen LogP contribution is 2.18. The first kappa shape index (κ1) is 13.3. The van der Waals surface area contributed by atoms with E-state index >= 15 is 0 Å². The first-order chi connectivity index (χ1) is 8.65. The van der Waals surface area contributed by atoms with E-state index < -0.39 is 0 Å². The molecule has 3 heteroatoms. The molecule has 0 aliphatic heterocycles. The van der Waals surface area contributed by atoms with Gasteiger partial charge in [0.15, 0.2) is 5.11 Å². The second kappa shape index (κ2) is 6.19. The lowest BCUT2D eigenvalue weighted by Crippen LogP contribution is -2.41. The fourth-order valence-electron chi connectivity index (χ4n) is 2.43. The molecule has 2 nitrogen and oxygen atoms in total. The first-order valence-corrected chi connectivity index (χ1v) is 7.19. The van der Waals surface area contributed by atoms with Crippen LogP contribution in [-0.2, 0) is 0 Å². The molecule has 18 heavy (non-hydrogen) atoms. The summed E-state index contributed by atoms with van der Waals surface area (Å²) in [4.78, 5) is 0. The molecule has 0 bridgehead atoms. The molecule has 1 aromatic rings. The number of nitrogens with one attached hydrogen (secondary N) is 2. The Hall–Kier alpha value is -1.09. The summed E-state index contributed by atoms with van der Waals surface area (Å²) >= 11 is 5.37. The van der Waals surface area contributed by atoms with Gasteiger partial charge in [0, 0.05) is 6.04 Å². The van der Waals surface area contributed by atoms with Gasteiger partial charge in [-0.2, -0.15) is 0 Å². The van der Waals surface area contributed by atoms with Crippen molar-refractivity contribution in [2.75, 3.05) is 0 Å². The third-order valence-electron chi connectivity index (χ3n) is 3.62. The van der Waals surface area contributed by atoms with Gasteiger partial charge in [0.2, 0.25) is 0 Å². The molecule has 1 fully saturated rings. The number of hydrogen-bond acceptors (Lipinski definition) is 1. The highest BCUT2D eigenvalue weighted by Gasteiger charge is 2.16. The molecule has 0 spiro atoms. The summed E-state index contributed by atoms with van der Waals surface area (Å²) in [6.07, 6.45) is 5.16. The van der Waals surface area contributed by atoms with Gasteiger partial charge in [-0.05, 0) is 44.5 Å². The minimum atomic E-state index is 0.256. The van der Waals surface area contributed by atoms with Crippen molar-refractivity contribution < 1.29 is 0 Å². The molecule has 2 rings (SSSR count). The molecule has 0 heterocycles. The van der Waals surface area contributed by atoms with Crippen molar-refractivity contribution in [1.29, 1.82) is 0 Å². The average Bonchev–Trinajstić information content (AvgIpc) is 2.82. The Labute approximate surface area is 115 Å². The number of thiocarbonyl (C=S) groups is 1. The maximum absolute atomic E-state index is 5.37. The van der Waals surface area contributed by atoms with Crippen LogP contribution in [0, 0.1) is 6.92 Å². The smallest absolute Gasteiger partial charge is 0.166 e. The molecule has 0 saturated heterocycles. The molecular weight excluding hydrogens is 240 g/mol. The van der Waals surface area contributed by atoms with Crippen molar-refractivity contribution in [1.82, 2.24) is 10.6 Å². The molecule has 0 radical (unpaired) electrons. The van der Waals surface area contributed by atoms with Gasteiger partial charge in [0.25, 0.3) is 0 Å². The minimum absolute atomic E-state index is 0.256. The fourth-order valence-corrected chi connectivity index (χ4v) is 2.78. The predicted octanol–water partition coefficient (Wildman–Crippen LogP) is 3.46. The molecule has 1 unspecified atom stereocenters. The van der Waals surface area contributed by atoms with Crippen molar-refractivity contribution in [3.8, 4) is 0 Å². The SMILES string of the molecule is Cc1ccc(C(C)NC(=S)NC2CCCC2)cc1. The van der Waals surface area contributed by atoms with E-state index in [2.05, 4.69) is 48.7 Å². The van der Waals surface area contributed by atoms with Gasteiger partial charge in [-0.3, -0.25) is 0 Å². The lowest BCUT2D eigenvalue weighted by molar-refractivity contribution is 0.605. The summed E-state index contributed by atoms with van der Waals surface area (Å²) < 4.78 is 0. The number of hydrogen-bond donors (Lipinski definition) is 2. The maximum atomic E-state index is 5.37. The topological polar surface area (TPSA) is 24.1 Å². The van der Waals surface area contributed by atoms with Crippen LogP contribution < -0.4 is 10.6 Å². The molecule has 1 saturated carbocycles. The van der Waals surface area contributed by atoms with Gasteiger partial charge in [-0.15, -0.1) is 0 Å². The Kier molecular flexibility index (Phi) is 4.59. The second-order valence-corrected chi connectivity index (χ2v) is 5.64. The number of aryl methyl sites for hydroxylation is 1. The fraction of sp³-hybridized carbons (Fsp3) is 0.533. The third-order valence-corrected chi connectivity index (χ3v) is 3.85. The van der Waals surface area contributed by atoms with Gasteiger partial charge in [0.05, 0.1) is 6.04 Å². The van der Waals surface area contributed by atoms with E-state index in [9.17, 15) is 0 Å². The van der Waals surface area contributed by atoms with E-state index in [0.29, 0.717) is 6.04 Å². The van der Waals surface area contributed by atoms with E-state index in [0.717, 1.165) is 5.11 Å². The van der Waals surface area contributed by atoms with Crippen molar-refractivity contribution in [2.24, 2.45) is 0 Å². The van der Waals surface area contributed by atoms with Crippen molar-refractivity contribution in [3.05, 3.63) is 35.4 Å². The summed E-state index contributed by atoms with van der Waals surface area (Å²) in [5, 5.41) is 7.56. The molecule has 1 aromatic carbocycles. The van der Waals surface area contributed by atoms with Crippen molar-refractivity contribution >= 4 is 17.3 Å². The summed E-state index contributed by atoms with van der Waals surface area (Å²) in [5.74, 6) is 0. The van der Waals surface area contributed by atoms with Crippen LogP contribution in [0.25, 0.3) is 0 Å². The zero-order valence-corrected chi connectivity index (χ0v) is 12.0. The normalized spacial score (nSPS) is 17.4. The van der Waals surface area contributed by atoms with Crippen LogP contribution in [0.3, 0.4) is 0 Å². The van der Waals surface area contributed by atoms with Gasteiger partial charge in [-0.1, -0.05) is 42.7 Å². The molecular formula is C15H22N2S. The van der Waals surface area contributed by atoms with E-state index in [4.69, 9.17) is 12.2 Å². The molecule has 98 valence electrons. The van der Waals surface area contributed by atoms with Gasteiger partial charge >= 0.3 is 0 Å². The second-order valence-electron chi connectivity index (χ2n) is 5.23. The summed E-state index contributed by atoms with van der Waals surface area (Å²) in [6.45, 7) is 4.25. The largest absolute Gasteiger partial charge is 0.360 e. The molecule has 1 aliphatic rings. The quantitative estimate of drug-likeness (QED) is 0.816. The van der Waals surface area contributed by atoms with Crippen LogP contribution >= 0.6 is 12.2 Å². The molecule has 2 N–H and O–H groups in total. The van der Waals surface area contributed by atoms with Crippen LogP contribution in [0.4, 0.5) is 0 Å². The maximum Gasteiger partial charge on any atom is 0.166 e. The van der Waals surface area contributed by atoms with Gasteiger partial charge in [-0.25, -0.2) is 0 Å². The molecule has 0 amide bonds. The number of rotatable bonds is 3. The Morgan fingerprint density at radius 2 is 1.83 bits per heavy atom. The van der Waals surface area contributed by atoms with E-state index in [1.807, 2.05) is 0 Å². The molecule has 1 aliphatic carbocycles. The highest BCUT2D eigenvalue weighted by molar-refractivity contribution is 7.80. The van der Waals surface area contributed by atoms with Crippen LogP contribution in [0.2, 0.25) is 0 Å². The van der Waals surface area contributed by atoms with Crippen LogP contribution in [-0.4, -0.2) is 11.2 Å². The highest BCUT2D eigenvalue weighted by atomic mass is 32.1. The van der Waals surface area contributed by atoms with E-state index in [-0.39, 0.29) is 6.04 Å². The Morgan fingerprint density at radius 3 is 2.44 bits per heavy atom. The van der Waals surface area contributed by atoms with E-state index in [1.54, 1.807) is 0 Å². The average molecular weight is 262 g/mol. The van der Waals surface area contributed by atoms with Gasteiger partial charge < -0.3 is 10.6 Å². The van der Waals surface area contributed by atoms with Crippen molar-refractivity contribution in [2.45, 2.75) is 51.6 Å². The third kappa shape index (κ3) is 3.70. The lowest BCUT2D eigenvalue weighted by Gasteiger charge is -2.20. The molecule has 0 aromatic heterocycles. The van der Waals surface area contributed by atoms with Crippen LogP contribution in [0.15, 0.2) is 24.3 Å². The monoisotopic (exact) mass is 262 g/mol. The Morgan fingerprint density at radius 1 is 1.22 bits per heavy atom. The van der Waals surface area contributed by atoms with Crippen LogP contribution in [0.5, 0.6) is 0 Å². The summed E-state index contributed by atoms with van der Waals surface area (Å²) in [5.41, 5.74) is 2.56. The predicted molar refractivity (Wildman–Crippen MR) is 80.7 cm³/mol. The van der Waals surface area contributed by atoms with E-state index in [1.165, 1.54) is 36.8 Å². The zero-order valence-electron chi connectivity index (χ0n) is 11.2. The lowest BCUT2D eigenvalue weighted by atomic mass is 10.1. The first-order valence-electron chi connectivity index (χ1n) is 6.79. The van der Waals surface area contributed by atoms with Gasteiger partial charge in [0.1, 0.15) is 0 Å².